The van der Waals surface area contributed by atoms with E-state index in [-0.39, 0.29) is 17.9 Å². The second-order valence-electron chi connectivity index (χ2n) is 8.41. The molecule has 3 fully saturated rings. The zero-order valence-corrected chi connectivity index (χ0v) is 15.4. The molecule has 2 aromatic rings. The Morgan fingerprint density at radius 3 is 2.19 bits per heavy atom. The summed E-state index contributed by atoms with van der Waals surface area (Å²) in [6.45, 7) is 3.03. The molecular weight excluding hydrogens is 336 g/mol. The molecule has 0 bridgehead atoms. The lowest BCUT2D eigenvalue weighted by Gasteiger charge is -2.28. The number of rotatable bonds is 6. The van der Waals surface area contributed by atoms with E-state index in [2.05, 4.69) is 34.5 Å². The number of carbonyl (C=O) groups excluding carboxylic acids is 1. The third kappa shape index (κ3) is 3.07. The van der Waals surface area contributed by atoms with Crippen LogP contribution in [0.5, 0.6) is 0 Å². The van der Waals surface area contributed by atoms with E-state index >= 15 is 0 Å². The Bertz CT molecular complexity index is 809. The highest BCUT2D eigenvalue weighted by atomic mass is 16.3. The molecule has 2 unspecified atom stereocenters. The van der Waals surface area contributed by atoms with Gasteiger partial charge in [0, 0.05) is 31.6 Å². The molecule has 1 aliphatic heterocycles. The van der Waals surface area contributed by atoms with Gasteiger partial charge in [-0.15, -0.1) is 0 Å². The normalized spacial score (nSPS) is 29.0. The van der Waals surface area contributed by atoms with Crippen LogP contribution in [-0.4, -0.2) is 35.0 Å². The smallest absolute Gasteiger partial charge is 0.257 e. The number of carbonyl (C=O) groups is 1. The fourth-order valence-electron chi connectivity index (χ4n) is 4.81. The minimum absolute atomic E-state index is 0.0491. The van der Waals surface area contributed by atoms with Crippen molar-refractivity contribution < 1.29 is 9.90 Å². The van der Waals surface area contributed by atoms with Gasteiger partial charge in [-0.3, -0.25) is 9.69 Å². The maximum absolute atomic E-state index is 13.0. The first-order valence-electron chi connectivity index (χ1n) is 10.0. The molecule has 1 amide bonds. The SMILES string of the molecule is O=C(N[C@H]1C2CN(Cc3ccccc3)C[C@@H]21)C(O)(c1ccccc1)C1CC1. The van der Waals surface area contributed by atoms with Crippen LogP contribution in [0.1, 0.15) is 24.0 Å². The van der Waals surface area contributed by atoms with Crippen molar-refractivity contribution in [3.05, 3.63) is 71.8 Å². The van der Waals surface area contributed by atoms with Crippen LogP contribution in [0.4, 0.5) is 0 Å². The second-order valence-corrected chi connectivity index (χ2v) is 8.41. The lowest BCUT2D eigenvalue weighted by molar-refractivity contribution is -0.143. The van der Waals surface area contributed by atoms with E-state index in [0.29, 0.717) is 11.8 Å². The number of benzene rings is 2. The molecule has 0 aromatic heterocycles. The van der Waals surface area contributed by atoms with Crippen LogP contribution in [-0.2, 0) is 16.9 Å². The molecule has 140 valence electrons. The predicted molar refractivity (Wildman–Crippen MR) is 104 cm³/mol. The van der Waals surface area contributed by atoms with Gasteiger partial charge in [-0.25, -0.2) is 0 Å². The molecule has 4 nitrogen and oxygen atoms in total. The zero-order chi connectivity index (χ0) is 18.4. The van der Waals surface area contributed by atoms with Crippen molar-refractivity contribution in [2.45, 2.75) is 31.0 Å². The van der Waals surface area contributed by atoms with Gasteiger partial charge in [0.05, 0.1) is 0 Å². The molecule has 2 aliphatic carbocycles. The van der Waals surface area contributed by atoms with Crippen molar-refractivity contribution >= 4 is 5.91 Å². The van der Waals surface area contributed by atoms with E-state index in [9.17, 15) is 9.90 Å². The van der Waals surface area contributed by atoms with Gasteiger partial charge in [0.15, 0.2) is 5.60 Å². The Hall–Kier alpha value is -2.17. The molecule has 1 heterocycles. The lowest BCUT2D eigenvalue weighted by atomic mass is 9.87. The Kier molecular flexibility index (Phi) is 4.06. The first-order chi connectivity index (χ1) is 13.2. The molecule has 1 saturated heterocycles. The predicted octanol–water partition coefficient (Wildman–Crippen LogP) is 2.53. The molecule has 0 radical (unpaired) electrons. The van der Waals surface area contributed by atoms with E-state index in [0.717, 1.165) is 38.0 Å². The largest absolute Gasteiger partial charge is 0.375 e. The summed E-state index contributed by atoms with van der Waals surface area (Å²) in [6.07, 6.45) is 1.84. The van der Waals surface area contributed by atoms with Crippen LogP contribution in [0.2, 0.25) is 0 Å². The summed E-state index contributed by atoms with van der Waals surface area (Å²) in [5.41, 5.74) is 0.690. The minimum atomic E-state index is -1.37. The second kappa shape index (κ2) is 6.47. The summed E-state index contributed by atoms with van der Waals surface area (Å²) in [5, 5.41) is 14.4. The quantitative estimate of drug-likeness (QED) is 0.830. The lowest BCUT2D eigenvalue weighted by Crippen LogP contribution is -2.48. The fraction of sp³-hybridized carbons (Fsp3) is 0.435. The highest BCUT2D eigenvalue weighted by Crippen LogP contribution is 2.49. The molecule has 4 heteroatoms. The van der Waals surface area contributed by atoms with Gasteiger partial charge in [0.2, 0.25) is 0 Å². The highest BCUT2D eigenvalue weighted by molar-refractivity contribution is 5.87. The van der Waals surface area contributed by atoms with Gasteiger partial charge in [-0.2, -0.15) is 0 Å². The summed E-state index contributed by atoms with van der Waals surface area (Å²) in [4.78, 5) is 15.5. The standard InChI is InChI=1S/C23H26N2O2/c26-22(23(27,18-11-12-18)17-9-5-2-6-10-17)24-21-19-14-25(15-20(19)21)13-16-7-3-1-4-8-16/h1-10,18-21,27H,11-15H2,(H,24,26)/t19-,20?,21+,23?/m0/s1. The van der Waals surface area contributed by atoms with E-state index in [1.807, 2.05) is 36.4 Å². The van der Waals surface area contributed by atoms with Crippen molar-refractivity contribution in [3.8, 4) is 0 Å². The van der Waals surface area contributed by atoms with Crippen LogP contribution in [0.25, 0.3) is 0 Å². The summed E-state index contributed by atoms with van der Waals surface area (Å²) in [6, 6.07) is 20.2. The molecular formula is C23H26N2O2. The Morgan fingerprint density at radius 1 is 1.00 bits per heavy atom. The molecule has 27 heavy (non-hydrogen) atoms. The van der Waals surface area contributed by atoms with Crippen LogP contribution >= 0.6 is 0 Å². The third-order valence-corrected chi connectivity index (χ3v) is 6.54. The Balaban J connectivity index is 1.21. The minimum Gasteiger partial charge on any atom is -0.375 e. The number of hydrogen-bond donors (Lipinski definition) is 2. The number of amides is 1. The molecule has 0 spiro atoms. The number of piperidine rings is 1. The van der Waals surface area contributed by atoms with Crippen molar-refractivity contribution in [1.82, 2.24) is 10.2 Å². The number of nitrogens with one attached hydrogen (secondary N) is 1. The monoisotopic (exact) mass is 362 g/mol. The molecule has 2 N–H and O–H groups in total. The van der Waals surface area contributed by atoms with Gasteiger partial charge in [-0.1, -0.05) is 60.7 Å². The van der Waals surface area contributed by atoms with E-state index in [1.165, 1.54) is 5.56 Å². The van der Waals surface area contributed by atoms with Crippen LogP contribution < -0.4 is 5.32 Å². The summed E-state index contributed by atoms with van der Waals surface area (Å²) < 4.78 is 0. The average molecular weight is 362 g/mol. The van der Waals surface area contributed by atoms with Gasteiger partial charge < -0.3 is 10.4 Å². The van der Waals surface area contributed by atoms with Gasteiger partial charge in [0.1, 0.15) is 0 Å². The first-order valence-corrected chi connectivity index (χ1v) is 10.0. The van der Waals surface area contributed by atoms with Crippen LogP contribution in [0.15, 0.2) is 60.7 Å². The average Bonchev–Trinajstić information content (AvgIpc) is 3.61. The van der Waals surface area contributed by atoms with Gasteiger partial charge in [0.25, 0.3) is 5.91 Å². The number of hydrogen-bond acceptors (Lipinski definition) is 3. The molecule has 5 rings (SSSR count). The summed E-state index contributed by atoms with van der Waals surface area (Å²) in [7, 11) is 0. The Morgan fingerprint density at radius 2 is 1.59 bits per heavy atom. The van der Waals surface area contributed by atoms with Crippen LogP contribution in [0, 0.1) is 17.8 Å². The van der Waals surface area contributed by atoms with Crippen LogP contribution in [0.3, 0.4) is 0 Å². The Labute approximate surface area is 160 Å². The van der Waals surface area contributed by atoms with E-state index in [1.54, 1.807) is 0 Å². The van der Waals surface area contributed by atoms with E-state index in [4.69, 9.17) is 0 Å². The van der Waals surface area contributed by atoms with E-state index < -0.39 is 5.60 Å². The molecule has 2 aromatic carbocycles. The molecule has 4 atom stereocenters. The van der Waals surface area contributed by atoms with Gasteiger partial charge in [-0.05, 0) is 35.8 Å². The summed E-state index contributed by atoms with van der Waals surface area (Å²) in [5.74, 6) is 0.895. The fourth-order valence-corrected chi connectivity index (χ4v) is 4.81. The molecule has 2 saturated carbocycles. The zero-order valence-electron chi connectivity index (χ0n) is 15.4. The molecule has 3 aliphatic rings. The number of likely N-dealkylation sites (tertiary alicyclic amines) is 1. The van der Waals surface area contributed by atoms with Crippen molar-refractivity contribution in [2.75, 3.05) is 13.1 Å². The maximum atomic E-state index is 13.0. The number of aliphatic hydroxyl groups is 1. The van der Waals surface area contributed by atoms with Crippen molar-refractivity contribution in [2.24, 2.45) is 17.8 Å². The maximum Gasteiger partial charge on any atom is 0.257 e. The first kappa shape index (κ1) is 17.0. The third-order valence-electron chi connectivity index (χ3n) is 6.54. The summed E-state index contributed by atoms with van der Waals surface area (Å²) >= 11 is 0. The van der Waals surface area contributed by atoms with Crippen molar-refractivity contribution in [1.29, 1.82) is 0 Å². The highest BCUT2D eigenvalue weighted by Gasteiger charge is 2.59. The topological polar surface area (TPSA) is 52.6 Å². The number of fused-ring (bicyclic) bond motifs is 1. The van der Waals surface area contributed by atoms with Crippen molar-refractivity contribution in [3.63, 3.8) is 0 Å². The number of nitrogens with zero attached hydrogens (tertiary/aromatic N) is 1. The van der Waals surface area contributed by atoms with Gasteiger partial charge >= 0.3 is 0 Å².